The molecule has 1 aromatic heterocycles. The van der Waals surface area contributed by atoms with Crippen LogP contribution in [0.15, 0.2) is 4.52 Å². The molecule has 1 aromatic rings. The molecule has 0 aliphatic heterocycles. The second-order valence-corrected chi connectivity index (χ2v) is 6.21. The van der Waals surface area contributed by atoms with E-state index in [1.165, 1.54) is 6.42 Å². The minimum atomic E-state index is -0.744. The topological polar surface area (TPSA) is 83.4 Å². The first-order valence-corrected chi connectivity index (χ1v) is 7.16. The van der Waals surface area contributed by atoms with Crippen LogP contribution in [-0.2, 0) is 21.4 Å². The van der Waals surface area contributed by atoms with Gasteiger partial charge in [0.05, 0.1) is 24.7 Å². The van der Waals surface area contributed by atoms with Crippen LogP contribution in [0.5, 0.6) is 0 Å². The van der Waals surface area contributed by atoms with Crippen LogP contribution in [0.1, 0.15) is 51.7 Å². The average Bonchev–Trinajstić information content (AvgIpc) is 2.81. The summed E-state index contributed by atoms with van der Waals surface area (Å²) in [5.41, 5.74) is 5.34. The summed E-state index contributed by atoms with van der Waals surface area (Å²) in [6, 6.07) is 0. The third-order valence-electron chi connectivity index (χ3n) is 3.87. The maximum Gasteiger partial charge on any atom is 0.229 e. The lowest BCUT2D eigenvalue weighted by Gasteiger charge is -2.39. The van der Waals surface area contributed by atoms with Crippen molar-refractivity contribution in [2.24, 2.45) is 5.73 Å². The van der Waals surface area contributed by atoms with E-state index in [-0.39, 0.29) is 11.7 Å². The molecule has 2 N–H and O–H groups in total. The third kappa shape index (κ3) is 3.37. The summed E-state index contributed by atoms with van der Waals surface area (Å²) in [4.78, 5) is 4.41. The van der Waals surface area contributed by atoms with Crippen molar-refractivity contribution in [3.05, 3.63) is 11.7 Å². The summed E-state index contributed by atoms with van der Waals surface area (Å²) >= 11 is 0. The number of ether oxygens (including phenoxy) is 2. The van der Waals surface area contributed by atoms with Gasteiger partial charge in [-0.3, -0.25) is 0 Å². The highest BCUT2D eigenvalue weighted by atomic mass is 16.5. The van der Waals surface area contributed by atoms with E-state index in [4.69, 9.17) is 19.7 Å². The number of aromatic nitrogens is 2. The summed E-state index contributed by atoms with van der Waals surface area (Å²) in [6.45, 7) is 6.14. The molecular weight excluding hydrogens is 258 g/mol. The van der Waals surface area contributed by atoms with Crippen LogP contribution >= 0.6 is 0 Å². The van der Waals surface area contributed by atoms with Crippen LogP contribution in [0.3, 0.4) is 0 Å². The molecule has 20 heavy (non-hydrogen) atoms. The van der Waals surface area contributed by atoms with Crippen molar-refractivity contribution < 1.29 is 14.0 Å². The molecule has 1 fully saturated rings. The first-order chi connectivity index (χ1) is 9.37. The van der Waals surface area contributed by atoms with Crippen LogP contribution < -0.4 is 5.73 Å². The van der Waals surface area contributed by atoms with E-state index in [9.17, 15) is 0 Å². The molecule has 1 aliphatic carbocycles. The van der Waals surface area contributed by atoms with E-state index in [1.54, 1.807) is 7.11 Å². The predicted molar refractivity (Wildman–Crippen MR) is 74.2 cm³/mol. The van der Waals surface area contributed by atoms with Crippen molar-refractivity contribution in [3.8, 4) is 0 Å². The Hall–Kier alpha value is -0.980. The first-order valence-electron chi connectivity index (χ1n) is 7.16. The highest BCUT2D eigenvalue weighted by Gasteiger charge is 2.39. The van der Waals surface area contributed by atoms with Gasteiger partial charge in [-0.05, 0) is 40.0 Å². The lowest BCUT2D eigenvalue weighted by atomic mass is 9.77. The van der Waals surface area contributed by atoms with Gasteiger partial charge in [-0.2, -0.15) is 4.98 Å². The normalized spacial score (nSPS) is 20.7. The van der Waals surface area contributed by atoms with Crippen LogP contribution in [0.2, 0.25) is 0 Å². The standard InChI is InChI=1S/C14H25N3O3/c1-10(2)19-9-13(3,15)12-16-11(20-17-12)8-14(18-4)6-5-7-14/h10H,5-9,15H2,1-4H3. The monoisotopic (exact) mass is 283 g/mol. The van der Waals surface area contributed by atoms with E-state index in [0.717, 1.165) is 12.8 Å². The Balaban J connectivity index is 2.00. The molecule has 1 heterocycles. The second-order valence-electron chi connectivity index (χ2n) is 6.21. The molecule has 6 heteroatoms. The number of hydrogen-bond donors (Lipinski definition) is 1. The van der Waals surface area contributed by atoms with Crippen LogP contribution in [0.25, 0.3) is 0 Å². The van der Waals surface area contributed by atoms with E-state index in [0.29, 0.717) is 24.7 Å². The van der Waals surface area contributed by atoms with Gasteiger partial charge in [0.1, 0.15) is 5.54 Å². The fourth-order valence-corrected chi connectivity index (χ4v) is 2.26. The summed E-state index contributed by atoms with van der Waals surface area (Å²) in [6.07, 6.45) is 4.04. The van der Waals surface area contributed by atoms with Gasteiger partial charge in [0.25, 0.3) is 0 Å². The molecule has 114 valence electrons. The maximum atomic E-state index is 6.20. The number of rotatable bonds is 7. The summed E-state index contributed by atoms with van der Waals surface area (Å²) in [7, 11) is 1.74. The Morgan fingerprint density at radius 3 is 2.65 bits per heavy atom. The van der Waals surface area contributed by atoms with Gasteiger partial charge in [-0.15, -0.1) is 0 Å². The van der Waals surface area contributed by atoms with Crippen LogP contribution in [-0.4, -0.2) is 35.6 Å². The van der Waals surface area contributed by atoms with Crippen LogP contribution in [0, 0.1) is 0 Å². The zero-order valence-electron chi connectivity index (χ0n) is 12.8. The van der Waals surface area contributed by atoms with Gasteiger partial charge in [0.15, 0.2) is 5.82 Å². The van der Waals surface area contributed by atoms with E-state index < -0.39 is 5.54 Å². The Morgan fingerprint density at radius 1 is 1.45 bits per heavy atom. The number of nitrogens with zero attached hydrogens (tertiary/aromatic N) is 2. The number of hydrogen-bond acceptors (Lipinski definition) is 6. The first kappa shape index (κ1) is 15.4. The summed E-state index contributed by atoms with van der Waals surface area (Å²) in [5.74, 6) is 1.07. The second kappa shape index (κ2) is 5.79. The molecule has 1 unspecified atom stereocenters. The fraction of sp³-hybridized carbons (Fsp3) is 0.857. The van der Waals surface area contributed by atoms with Gasteiger partial charge in [-0.1, -0.05) is 5.16 Å². The van der Waals surface area contributed by atoms with Crippen LogP contribution in [0.4, 0.5) is 0 Å². The van der Waals surface area contributed by atoms with E-state index >= 15 is 0 Å². The van der Waals surface area contributed by atoms with Crippen molar-refractivity contribution >= 4 is 0 Å². The lowest BCUT2D eigenvalue weighted by molar-refractivity contribution is -0.0751. The Kier molecular flexibility index (Phi) is 4.46. The SMILES string of the molecule is COC1(Cc2nc(C(C)(N)COC(C)C)no2)CCC1. The van der Waals surface area contributed by atoms with Gasteiger partial charge >= 0.3 is 0 Å². The van der Waals surface area contributed by atoms with Gasteiger partial charge in [0.2, 0.25) is 5.89 Å². The van der Waals surface area contributed by atoms with Crippen molar-refractivity contribution in [1.29, 1.82) is 0 Å². The maximum absolute atomic E-state index is 6.20. The quantitative estimate of drug-likeness (QED) is 0.821. The minimum absolute atomic E-state index is 0.121. The third-order valence-corrected chi connectivity index (χ3v) is 3.87. The summed E-state index contributed by atoms with van der Waals surface area (Å²) in [5, 5.41) is 4.00. The molecule has 0 amide bonds. The zero-order valence-corrected chi connectivity index (χ0v) is 12.8. The van der Waals surface area contributed by atoms with E-state index in [1.807, 2.05) is 20.8 Å². The zero-order chi connectivity index (χ0) is 14.8. The molecule has 0 aromatic carbocycles. The Morgan fingerprint density at radius 2 is 2.15 bits per heavy atom. The molecule has 0 spiro atoms. The fourth-order valence-electron chi connectivity index (χ4n) is 2.26. The highest BCUT2D eigenvalue weighted by molar-refractivity contribution is 5.05. The minimum Gasteiger partial charge on any atom is -0.378 e. The lowest BCUT2D eigenvalue weighted by Crippen LogP contribution is -2.42. The number of nitrogens with two attached hydrogens (primary N) is 1. The highest BCUT2D eigenvalue weighted by Crippen LogP contribution is 2.37. The van der Waals surface area contributed by atoms with Crippen molar-refractivity contribution in [3.63, 3.8) is 0 Å². The van der Waals surface area contributed by atoms with Gasteiger partial charge in [0, 0.05) is 7.11 Å². The Bertz CT molecular complexity index is 433. The number of methoxy groups -OCH3 is 1. The molecule has 1 atom stereocenters. The van der Waals surface area contributed by atoms with Crippen molar-refractivity contribution in [2.45, 2.75) is 63.7 Å². The smallest absolute Gasteiger partial charge is 0.229 e. The van der Waals surface area contributed by atoms with Gasteiger partial charge in [-0.25, -0.2) is 0 Å². The predicted octanol–water partition coefficient (Wildman–Crippen LogP) is 1.78. The Labute approximate surface area is 120 Å². The molecule has 6 nitrogen and oxygen atoms in total. The van der Waals surface area contributed by atoms with E-state index in [2.05, 4.69) is 10.1 Å². The summed E-state index contributed by atoms with van der Waals surface area (Å²) < 4.78 is 16.4. The molecular formula is C14H25N3O3. The largest absolute Gasteiger partial charge is 0.378 e. The average molecular weight is 283 g/mol. The van der Waals surface area contributed by atoms with Crippen molar-refractivity contribution in [2.75, 3.05) is 13.7 Å². The molecule has 1 saturated carbocycles. The molecule has 0 radical (unpaired) electrons. The molecule has 2 rings (SSSR count). The molecule has 0 bridgehead atoms. The molecule has 1 aliphatic rings. The van der Waals surface area contributed by atoms with Gasteiger partial charge < -0.3 is 19.7 Å². The van der Waals surface area contributed by atoms with Crippen molar-refractivity contribution in [1.82, 2.24) is 10.1 Å². The molecule has 0 saturated heterocycles.